The molecular weight excluding hydrogens is 442 g/mol. The molecule has 1 aliphatic heterocycles. The number of ether oxygens (including phenoxy) is 1. The molecule has 1 aliphatic carbocycles. The molecule has 2 aliphatic rings. The molecule has 1 N–H and O–H groups in total. The molecule has 0 bridgehead atoms. The minimum atomic E-state index is -0.802. The Bertz CT molecular complexity index is 1170. The third-order valence-electron chi connectivity index (χ3n) is 6.21. The van der Waals surface area contributed by atoms with Crippen molar-refractivity contribution >= 4 is 40.8 Å². The lowest BCUT2D eigenvalue weighted by Crippen LogP contribution is -2.31. The third kappa shape index (κ3) is 4.52. The van der Waals surface area contributed by atoms with Gasteiger partial charge in [0.15, 0.2) is 6.61 Å². The molecule has 10 heteroatoms. The number of fused-ring (bicyclic) bond motifs is 1. The summed E-state index contributed by atoms with van der Waals surface area (Å²) in [6.45, 7) is 0.966. The Labute approximate surface area is 195 Å². The summed E-state index contributed by atoms with van der Waals surface area (Å²) < 4.78 is 5.06. The molecule has 1 saturated carbocycles. The van der Waals surface area contributed by atoms with Crippen LogP contribution < -0.4 is 10.2 Å². The Hall–Kier alpha value is -4.08. The van der Waals surface area contributed by atoms with E-state index in [0.717, 1.165) is 17.7 Å². The molecule has 34 heavy (non-hydrogen) atoms. The van der Waals surface area contributed by atoms with Crippen LogP contribution in [-0.4, -0.2) is 35.2 Å². The number of nitrogens with one attached hydrogen (secondary N) is 1. The van der Waals surface area contributed by atoms with E-state index in [4.69, 9.17) is 4.74 Å². The van der Waals surface area contributed by atoms with E-state index in [9.17, 15) is 29.3 Å². The zero-order chi connectivity index (χ0) is 24.4. The van der Waals surface area contributed by atoms with E-state index in [-0.39, 0.29) is 40.6 Å². The summed E-state index contributed by atoms with van der Waals surface area (Å²) in [5.74, 6) is -2.57. The number of carbonyl (C=O) groups is 4. The maximum Gasteiger partial charge on any atom is 0.338 e. The fraction of sp³-hybridized carbons (Fsp3) is 0.333. The number of esters is 1. The highest BCUT2D eigenvalue weighted by Crippen LogP contribution is 2.40. The van der Waals surface area contributed by atoms with E-state index >= 15 is 0 Å². The number of nitro benzene ring substituents is 1. The van der Waals surface area contributed by atoms with Crippen LogP contribution in [0.1, 0.15) is 41.6 Å². The van der Waals surface area contributed by atoms with Crippen molar-refractivity contribution in [3.05, 3.63) is 63.7 Å². The molecule has 176 valence electrons. The lowest BCUT2D eigenvalue weighted by atomic mass is 9.81. The highest BCUT2D eigenvalue weighted by molar-refractivity contribution is 6.22. The quantitative estimate of drug-likeness (QED) is 0.299. The summed E-state index contributed by atoms with van der Waals surface area (Å²) >= 11 is 0. The van der Waals surface area contributed by atoms with Crippen molar-refractivity contribution in [2.24, 2.45) is 11.8 Å². The van der Waals surface area contributed by atoms with Gasteiger partial charge in [-0.1, -0.05) is 25.0 Å². The van der Waals surface area contributed by atoms with E-state index in [1.807, 2.05) is 0 Å². The van der Waals surface area contributed by atoms with E-state index < -0.39 is 23.4 Å². The molecule has 2 fully saturated rings. The highest BCUT2D eigenvalue weighted by atomic mass is 16.6. The van der Waals surface area contributed by atoms with E-state index in [1.54, 1.807) is 19.1 Å². The molecule has 2 atom stereocenters. The Kier molecular flexibility index (Phi) is 6.40. The number of imide groups is 1. The van der Waals surface area contributed by atoms with Crippen molar-refractivity contribution in [2.75, 3.05) is 16.8 Å². The van der Waals surface area contributed by atoms with Crippen LogP contribution in [0.5, 0.6) is 0 Å². The predicted molar refractivity (Wildman–Crippen MR) is 121 cm³/mol. The molecule has 0 unspecified atom stereocenters. The van der Waals surface area contributed by atoms with Crippen LogP contribution in [0.2, 0.25) is 0 Å². The first-order chi connectivity index (χ1) is 16.3. The first kappa shape index (κ1) is 23.1. The minimum Gasteiger partial charge on any atom is -0.452 e. The molecule has 1 saturated heterocycles. The van der Waals surface area contributed by atoms with E-state index in [0.29, 0.717) is 24.1 Å². The second-order valence-electron chi connectivity index (χ2n) is 8.44. The maximum atomic E-state index is 12.8. The van der Waals surface area contributed by atoms with Gasteiger partial charge in [0.25, 0.3) is 11.6 Å². The normalized spacial score (nSPS) is 19.5. The second kappa shape index (κ2) is 9.42. The Morgan fingerprint density at radius 3 is 2.41 bits per heavy atom. The monoisotopic (exact) mass is 465 g/mol. The van der Waals surface area contributed by atoms with Gasteiger partial charge in [0, 0.05) is 17.3 Å². The van der Waals surface area contributed by atoms with E-state index in [2.05, 4.69) is 5.32 Å². The van der Waals surface area contributed by atoms with Gasteiger partial charge in [0.1, 0.15) is 0 Å². The number of carbonyl (C=O) groups excluding carboxylic acids is 4. The van der Waals surface area contributed by atoms with Gasteiger partial charge >= 0.3 is 5.97 Å². The number of nitrogens with zero attached hydrogens (tertiary/aromatic N) is 2. The van der Waals surface area contributed by atoms with Gasteiger partial charge in [-0.25, -0.2) is 4.79 Å². The van der Waals surface area contributed by atoms with Crippen molar-refractivity contribution in [2.45, 2.75) is 32.6 Å². The van der Waals surface area contributed by atoms with Crippen molar-refractivity contribution in [1.82, 2.24) is 0 Å². The van der Waals surface area contributed by atoms with Gasteiger partial charge in [0.05, 0.1) is 28.0 Å². The van der Waals surface area contributed by atoms with Gasteiger partial charge in [0.2, 0.25) is 11.8 Å². The van der Waals surface area contributed by atoms with Gasteiger partial charge < -0.3 is 10.1 Å². The molecule has 10 nitrogen and oxygen atoms in total. The third-order valence-corrected chi connectivity index (χ3v) is 6.21. The predicted octanol–water partition coefficient (Wildman–Crippen LogP) is 3.38. The highest BCUT2D eigenvalue weighted by Gasteiger charge is 2.48. The van der Waals surface area contributed by atoms with Crippen molar-refractivity contribution in [3.63, 3.8) is 0 Å². The van der Waals surface area contributed by atoms with Gasteiger partial charge in [-0.2, -0.15) is 0 Å². The summed E-state index contributed by atoms with van der Waals surface area (Å²) in [6.07, 6.45) is 3.20. The number of hydrogen-bond acceptors (Lipinski definition) is 7. The Balaban J connectivity index is 1.40. The molecule has 2 aromatic rings. The number of amides is 3. The Morgan fingerprint density at radius 1 is 1.09 bits per heavy atom. The first-order valence-electron chi connectivity index (χ1n) is 11.0. The molecule has 0 radical (unpaired) electrons. The summed E-state index contributed by atoms with van der Waals surface area (Å²) in [5.41, 5.74) is 0.899. The average Bonchev–Trinajstić information content (AvgIpc) is 3.08. The van der Waals surface area contributed by atoms with Crippen molar-refractivity contribution in [1.29, 1.82) is 0 Å². The number of aryl methyl sites for hydroxylation is 1. The fourth-order valence-corrected chi connectivity index (χ4v) is 4.48. The summed E-state index contributed by atoms with van der Waals surface area (Å²) in [4.78, 5) is 61.9. The minimum absolute atomic E-state index is 0.0896. The molecule has 1 heterocycles. The number of anilines is 2. The molecule has 3 amide bonds. The summed E-state index contributed by atoms with van der Waals surface area (Å²) in [5, 5.41) is 13.5. The number of rotatable bonds is 6. The average molecular weight is 465 g/mol. The van der Waals surface area contributed by atoms with Crippen molar-refractivity contribution < 1.29 is 28.8 Å². The number of hydrogen-bond donors (Lipinski definition) is 1. The lowest BCUT2D eigenvalue weighted by molar-refractivity contribution is -0.385. The van der Waals surface area contributed by atoms with E-state index in [1.165, 1.54) is 30.3 Å². The number of nitro groups is 1. The summed E-state index contributed by atoms with van der Waals surface area (Å²) in [6, 6.07) is 10.2. The van der Waals surface area contributed by atoms with Crippen LogP contribution in [0.25, 0.3) is 0 Å². The van der Waals surface area contributed by atoms with Crippen LogP contribution in [0.15, 0.2) is 42.5 Å². The van der Waals surface area contributed by atoms with Crippen LogP contribution in [-0.2, 0) is 19.1 Å². The van der Waals surface area contributed by atoms with Crippen molar-refractivity contribution in [3.8, 4) is 0 Å². The molecule has 4 rings (SSSR count). The van der Waals surface area contributed by atoms with Gasteiger partial charge in [-0.05, 0) is 44.0 Å². The maximum absolute atomic E-state index is 12.8. The SMILES string of the molecule is Cc1ccc(NC(=O)COC(=O)c2cccc(N3C(=O)[C@H]4CCCC[C@H]4C3=O)c2)cc1[N+](=O)[O-]. The second-order valence-corrected chi connectivity index (χ2v) is 8.44. The van der Waals surface area contributed by atoms with Crippen LogP contribution in [0, 0.1) is 28.9 Å². The van der Waals surface area contributed by atoms with Gasteiger partial charge in [-0.15, -0.1) is 0 Å². The molecule has 0 spiro atoms. The zero-order valence-corrected chi connectivity index (χ0v) is 18.5. The summed E-state index contributed by atoms with van der Waals surface area (Å²) in [7, 11) is 0. The zero-order valence-electron chi connectivity index (χ0n) is 18.5. The first-order valence-corrected chi connectivity index (χ1v) is 11.0. The lowest BCUT2D eigenvalue weighted by Gasteiger charge is -2.19. The Morgan fingerprint density at radius 2 is 1.76 bits per heavy atom. The molecule has 0 aromatic heterocycles. The topological polar surface area (TPSA) is 136 Å². The largest absolute Gasteiger partial charge is 0.452 e. The fourth-order valence-electron chi connectivity index (χ4n) is 4.48. The molecule has 2 aromatic carbocycles. The van der Waals surface area contributed by atoms with Crippen LogP contribution in [0.3, 0.4) is 0 Å². The molecular formula is C24H23N3O7. The smallest absolute Gasteiger partial charge is 0.338 e. The van der Waals surface area contributed by atoms with Crippen LogP contribution in [0.4, 0.5) is 17.1 Å². The van der Waals surface area contributed by atoms with Crippen LogP contribution >= 0.6 is 0 Å². The number of benzene rings is 2. The van der Waals surface area contributed by atoms with Gasteiger partial charge in [-0.3, -0.25) is 29.4 Å². The standard InChI is InChI=1S/C24H23N3O7/c1-14-9-10-16(12-20(14)27(32)33)25-21(28)13-34-24(31)15-5-4-6-17(11-15)26-22(29)18-7-2-3-8-19(18)23(26)30/h4-6,9-12,18-19H,2-3,7-8,13H2,1H3,(H,25,28)/t18-,19+.